The Bertz CT molecular complexity index is 403. The lowest BCUT2D eigenvalue weighted by molar-refractivity contribution is 0.367. The van der Waals surface area contributed by atoms with Crippen LogP contribution in [0, 0.1) is 0 Å². The Balaban J connectivity index is 2.26. The van der Waals surface area contributed by atoms with Gasteiger partial charge in [0.1, 0.15) is 5.75 Å². The molecule has 1 N–H and O–H groups in total. The summed E-state index contributed by atoms with van der Waals surface area (Å²) in [7, 11) is 1.74. The van der Waals surface area contributed by atoms with Crippen molar-refractivity contribution in [3.05, 3.63) is 24.3 Å². The van der Waals surface area contributed by atoms with Crippen LogP contribution in [0.5, 0.6) is 5.75 Å². The molecule has 0 bridgehead atoms. The van der Waals surface area contributed by atoms with Crippen LogP contribution < -0.4 is 15.0 Å². The van der Waals surface area contributed by atoms with Gasteiger partial charge in [0, 0.05) is 24.7 Å². The molecule has 1 aliphatic heterocycles. The molecule has 1 aromatic rings. The Morgan fingerprint density at radius 2 is 2.06 bits per heavy atom. The Kier molecular flexibility index (Phi) is 3.81. The molecule has 3 nitrogen and oxygen atoms in total. The molecule has 1 aromatic carbocycles. The molecular formula is C15H24N2O. The van der Waals surface area contributed by atoms with Crippen molar-refractivity contribution in [3.63, 3.8) is 0 Å². The van der Waals surface area contributed by atoms with E-state index < -0.39 is 0 Å². The number of benzene rings is 1. The van der Waals surface area contributed by atoms with Crippen LogP contribution in [0.1, 0.15) is 27.2 Å². The summed E-state index contributed by atoms with van der Waals surface area (Å²) in [5.74, 6) is 0.961. The lowest BCUT2D eigenvalue weighted by atomic mass is 10.0. The van der Waals surface area contributed by atoms with Crippen LogP contribution in [-0.4, -0.2) is 31.8 Å². The van der Waals surface area contributed by atoms with Gasteiger partial charge < -0.3 is 15.0 Å². The summed E-state index contributed by atoms with van der Waals surface area (Å²) in [6.45, 7) is 8.84. The first-order valence-corrected chi connectivity index (χ1v) is 6.67. The van der Waals surface area contributed by atoms with Gasteiger partial charge >= 0.3 is 0 Å². The average molecular weight is 248 g/mol. The topological polar surface area (TPSA) is 24.5 Å². The van der Waals surface area contributed by atoms with Crippen LogP contribution in [0.3, 0.4) is 0 Å². The number of methoxy groups -OCH3 is 1. The van der Waals surface area contributed by atoms with Crippen molar-refractivity contribution in [2.45, 2.75) is 38.8 Å². The van der Waals surface area contributed by atoms with Crippen molar-refractivity contribution < 1.29 is 4.74 Å². The number of hydrogen-bond donors (Lipinski definition) is 1. The fourth-order valence-electron chi connectivity index (χ4n) is 2.79. The van der Waals surface area contributed by atoms with E-state index in [0.717, 1.165) is 25.3 Å². The molecule has 1 aliphatic rings. The molecular weight excluding hydrogens is 224 g/mol. The second-order valence-corrected chi connectivity index (χ2v) is 5.81. The normalized spacial score (nSPS) is 23.6. The largest absolute Gasteiger partial charge is 0.495 e. The third-order valence-electron chi connectivity index (χ3n) is 3.48. The zero-order valence-electron chi connectivity index (χ0n) is 11.9. The fraction of sp³-hybridized carbons (Fsp3) is 0.600. The monoisotopic (exact) mass is 248 g/mol. The maximum Gasteiger partial charge on any atom is 0.142 e. The van der Waals surface area contributed by atoms with Crippen molar-refractivity contribution in [1.82, 2.24) is 5.32 Å². The molecule has 3 heteroatoms. The summed E-state index contributed by atoms with van der Waals surface area (Å²) in [6.07, 6.45) is 1.15. The van der Waals surface area contributed by atoms with Crippen molar-refractivity contribution in [1.29, 1.82) is 0 Å². The lowest BCUT2D eigenvalue weighted by Gasteiger charge is -2.32. The van der Waals surface area contributed by atoms with Crippen LogP contribution in [0.15, 0.2) is 24.3 Å². The van der Waals surface area contributed by atoms with E-state index in [9.17, 15) is 0 Å². The van der Waals surface area contributed by atoms with Gasteiger partial charge in [-0.1, -0.05) is 12.1 Å². The molecule has 2 rings (SSSR count). The van der Waals surface area contributed by atoms with Gasteiger partial charge in [0.05, 0.1) is 12.8 Å². The maximum atomic E-state index is 5.47. The van der Waals surface area contributed by atoms with E-state index >= 15 is 0 Å². The Labute approximate surface area is 110 Å². The van der Waals surface area contributed by atoms with E-state index in [1.807, 2.05) is 12.1 Å². The van der Waals surface area contributed by atoms with Crippen LogP contribution in [0.25, 0.3) is 0 Å². The minimum absolute atomic E-state index is 0.122. The standard InChI is InChI=1S/C15H24N2O/c1-12-9-10-17(11-15(2,3)16-12)13-7-5-6-8-14(13)18-4/h5-8,12,16H,9-11H2,1-4H3. The van der Waals surface area contributed by atoms with Gasteiger partial charge in [-0.05, 0) is 39.3 Å². The molecule has 1 saturated heterocycles. The van der Waals surface area contributed by atoms with Crippen molar-refractivity contribution >= 4 is 5.69 Å². The number of para-hydroxylation sites is 2. The molecule has 0 saturated carbocycles. The Morgan fingerprint density at radius 1 is 1.33 bits per heavy atom. The highest BCUT2D eigenvalue weighted by atomic mass is 16.5. The second kappa shape index (κ2) is 5.19. The minimum Gasteiger partial charge on any atom is -0.495 e. The van der Waals surface area contributed by atoms with Crippen LogP contribution in [0.4, 0.5) is 5.69 Å². The molecule has 0 radical (unpaired) electrons. The molecule has 1 fully saturated rings. The fourth-order valence-corrected chi connectivity index (χ4v) is 2.79. The minimum atomic E-state index is 0.122. The van der Waals surface area contributed by atoms with Gasteiger partial charge in [-0.25, -0.2) is 0 Å². The second-order valence-electron chi connectivity index (χ2n) is 5.81. The van der Waals surface area contributed by atoms with E-state index in [0.29, 0.717) is 6.04 Å². The highest BCUT2D eigenvalue weighted by Gasteiger charge is 2.28. The van der Waals surface area contributed by atoms with Crippen molar-refractivity contribution in [3.8, 4) is 5.75 Å². The van der Waals surface area contributed by atoms with Gasteiger partial charge in [0.15, 0.2) is 0 Å². The Hall–Kier alpha value is -1.22. The average Bonchev–Trinajstić information content (AvgIpc) is 2.46. The molecule has 0 spiro atoms. The van der Waals surface area contributed by atoms with Crippen molar-refractivity contribution in [2.24, 2.45) is 0 Å². The molecule has 100 valence electrons. The van der Waals surface area contributed by atoms with Gasteiger partial charge in [0.2, 0.25) is 0 Å². The summed E-state index contributed by atoms with van der Waals surface area (Å²) in [4.78, 5) is 2.43. The quantitative estimate of drug-likeness (QED) is 0.871. The zero-order valence-corrected chi connectivity index (χ0v) is 11.9. The highest BCUT2D eigenvalue weighted by Crippen LogP contribution is 2.30. The number of hydrogen-bond acceptors (Lipinski definition) is 3. The Morgan fingerprint density at radius 3 is 2.78 bits per heavy atom. The third kappa shape index (κ3) is 2.96. The molecule has 1 unspecified atom stereocenters. The van der Waals surface area contributed by atoms with Crippen LogP contribution in [0.2, 0.25) is 0 Å². The zero-order chi connectivity index (χ0) is 13.2. The maximum absolute atomic E-state index is 5.47. The van der Waals surface area contributed by atoms with Crippen LogP contribution in [-0.2, 0) is 0 Å². The molecule has 0 aliphatic carbocycles. The highest BCUT2D eigenvalue weighted by molar-refractivity contribution is 5.58. The predicted molar refractivity (Wildman–Crippen MR) is 76.5 cm³/mol. The summed E-state index contributed by atoms with van der Waals surface area (Å²) in [5, 5.41) is 3.67. The van der Waals surface area contributed by atoms with Gasteiger partial charge in [-0.2, -0.15) is 0 Å². The third-order valence-corrected chi connectivity index (χ3v) is 3.48. The predicted octanol–water partition coefficient (Wildman–Crippen LogP) is 2.66. The summed E-state index contributed by atoms with van der Waals surface area (Å²) in [6, 6.07) is 8.83. The lowest BCUT2D eigenvalue weighted by Crippen LogP contribution is -2.48. The molecule has 0 aromatic heterocycles. The van der Waals surface area contributed by atoms with Crippen molar-refractivity contribution in [2.75, 3.05) is 25.1 Å². The smallest absolute Gasteiger partial charge is 0.142 e. The first kappa shape index (κ1) is 13.2. The number of nitrogens with zero attached hydrogens (tertiary/aromatic N) is 1. The van der Waals surface area contributed by atoms with Crippen LogP contribution >= 0.6 is 0 Å². The molecule has 1 atom stereocenters. The molecule has 1 heterocycles. The van der Waals surface area contributed by atoms with E-state index in [-0.39, 0.29) is 5.54 Å². The first-order valence-electron chi connectivity index (χ1n) is 6.67. The first-order chi connectivity index (χ1) is 8.52. The number of nitrogens with one attached hydrogen (secondary N) is 1. The van der Waals surface area contributed by atoms with E-state index in [2.05, 4.69) is 43.1 Å². The number of anilines is 1. The summed E-state index contributed by atoms with van der Waals surface area (Å²) in [5.41, 5.74) is 1.32. The van der Waals surface area contributed by atoms with Gasteiger partial charge in [-0.3, -0.25) is 0 Å². The molecule has 0 amide bonds. The van der Waals surface area contributed by atoms with Gasteiger partial charge in [-0.15, -0.1) is 0 Å². The number of rotatable bonds is 2. The SMILES string of the molecule is COc1ccccc1N1CCC(C)NC(C)(C)C1. The van der Waals surface area contributed by atoms with Gasteiger partial charge in [0.25, 0.3) is 0 Å². The van der Waals surface area contributed by atoms with E-state index in [4.69, 9.17) is 4.74 Å². The van der Waals surface area contributed by atoms with E-state index in [1.165, 1.54) is 5.69 Å². The molecule has 18 heavy (non-hydrogen) atoms. The van der Waals surface area contributed by atoms with E-state index in [1.54, 1.807) is 7.11 Å². The number of ether oxygens (including phenoxy) is 1. The summed E-state index contributed by atoms with van der Waals surface area (Å²) < 4.78 is 5.47. The summed E-state index contributed by atoms with van der Waals surface area (Å²) >= 11 is 0.